The van der Waals surface area contributed by atoms with Crippen molar-refractivity contribution < 1.29 is 22.8 Å². The van der Waals surface area contributed by atoms with Gasteiger partial charge in [-0.25, -0.2) is 4.79 Å². The fraction of sp³-hybridized carbons (Fsp3) is 0.667. The quantitative estimate of drug-likeness (QED) is 0.351. The smallest absolute Gasteiger partial charge is 0.462 e. The zero-order chi connectivity index (χ0) is 16.7. The van der Waals surface area contributed by atoms with Crippen LogP contribution in [0.15, 0.2) is 24.4 Å². The van der Waals surface area contributed by atoms with Crippen LogP contribution < -0.4 is 0 Å². The van der Waals surface area contributed by atoms with Crippen molar-refractivity contribution in [2.75, 3.05) is 26.4 Å². The highest BCUT2D eigenvalue weighted by molar-refractivity contribution is 6.66. The summed E-state index contributed by atoms with van der Waals surface area (Å²) in [7, 11) is -2.51. The Kier molecular flexibility index (Phi) is 14.9. The maximum absolute atomic E-state index is 10.6. The van der Waals surface area contributed by atoms with Gasteiger partial charge in [0.1, 0.15) is 0 Å². The van der Waals surface area contributed by atoms with E-state index in [9.17, 15) is 4.79 Å². The van der Waals surface area contributed by atoms with Crippen LogP contribution in [-0.2, 0) is 22.8 Å². The second kappa shape index (κ2) is 14.0. The zero-order valence-electron chi connectivity index (χ0n) is 14.1. The Balaban J connectivity index is 0. The van der Waals surface area contributed by atoms with E-state index in [1.54, 1.807) is 12.6 Å². The molecule has 0 atom stereocenters. The summed E-state index contributed by atoms with van der Waals surface area (Å²) >= 11 is 0. The maximum Gasteiger partial charge on any atom is 0.528 e. The van der Waals surface area contributed by atoms with Crippen LogP contribution in [0.2, 0.25) is 0 Å². The van der Waals surface area contributed by atoms with E-state index in [2.05, 4.69) is 13.2 Å². The van der Waals surface area contributed by atoms with E-state index in [1.165, 1.54) is 0 Å². The van der Waals surface area contributed by atoms with Crippen LogP contribution in [0, 0.1) is 0 Å². The van der Waals surface area contributed by atoms with Gasteiger partial charge >= 0.3 is 14.8 Å². The molecule has 124 valence electrons. The van der Waals surface area contributed by atoms with Gasteiger partial charge in [-0.15, -0.1) is 0 Å². The molecule has 0 radical (unpaired) electrons. The van der Waals surface area contributed by atoms with E-state index in [4.69, 9.17) is 18.0 Å². The molecule has 0 aromatic rings. The summed E-state index contributed by atoms with van der Waals surface area (Å²) in [5, 5.41) is 0. The summed E-state index contributed by atoms with van der Waals surface area (Å²) < 4.78 is 21.0. The first-order valence-electron chi connectivity index (χ1n) is 7.30. The molecule has 0 amide bonds. The third kappa shape index (κ3) is 11.4. The fourth-order valence-electron chi connectivity index (χ4n) is 1.22. The molecule has 0 aromatic carbocycles. The monoisotopic (exact) mass is 318 g/mol. The second-order valence-corrected chi connectivity index (χ2v) is 6.50. The van der Waals surface area contributed by atoms with E-state index >= 15 is 0 Å². The van der Waals surface area contributed by atoms with Crippen LogP contribution in [0.25, 0.3) is 0 Å². The predicted octanol–water partition coefficient (Wildman–Crippen LogP) is 3.28. The molecule has 0 heterocycles. The lowest BCUT2D eigenvalue weighted by Gasteiger charge is -2.24. The first-order valence-corrected chi connectivity index (χ1v) is 9.11. The molecule has 0 rings (SSSR count). The van der Waals surface area contributed by atoms with Crippen molar-refractivity contribution in [3.8, 4) is 0 Å². The molecule has 0 unspecified atom stereocenters. The van der Waals surface area contributed by atoms with Gasteiger partial charge in [-0.05, 0) is 39.8 Å². The fourth-order valence-corrected chi connectivity index (χ4v) is 3.03. The highest BCUT2D eigenvalue weighted by atomic mass is 28.4. The van der Waals surface area contributed by atoms with E-state index in [0.717, 1.165) is 6.42 Å². The lowest BCUT2D eigenvalue weighted by atomic mass is 10.4. The van der Waals surface area contributed by atoms with Crippen molar-refractivity contribution in [3.05, 3.63) is 24.4 Å². The van der Waals surface area contributed by atoms with Crippen LogP contribution in [0.4, 0.5) is 0 Å². The number of carbonyl (C=O) groups is 1. The molecule has 0 bridgehead atoms. The summed E-state index contributed by atoms with van der Waals surface area (Å²) in [6.07, 6.45) is 0.860. The van der Waals surface area contributed by atoms with Crippen molar-refractivity contribution in [1.82, 2.24) is 0 Å². The second-order valence-electron chi connectivity index (χ2n) is 4.02. The molecule has 0 aliphatic carbocycles. The average molecular weight is 318 g/mol. The Morgan fingerprint density at radius 1 is 1.05 bits per heavy atom. The van der Waals surface area contributed by atoms with E-state index < -0.39 is 8.80 Å². The Morgan fingerprint density at radius 3 is 1.71 bits per heavy atom. The van der Waals surface area contributed by atoms with Gasteiger partial charge < -0.3 is 18.0 Å². The van der Waals surface area contributed by atoms with Gasteiger partial charge in [0, 0.05) is 25.4 Å². The molecule has 21 heavy (non-hydrogen) atoms. The normalized spacial score (nSPS) is 10.3. The summed E-state index contributed by atoms with van der Waals surface area (Å²) in [5.41, 5.74) is 2.13. The van der Waals surface area contributed by atoms with Crippen molar-refractivity contribution in [2.45, 2.75) is 41.0 Å². The largest absolute Gasteiger partial charge is 0.528 e. The molecule has 0 saturated heterocycles. The van der Waals surface area contributed by atoms with Crippen LogP contribution in [0.3, 0.4) is 0 Å². The molecular formula is C15H30O5Si. The number of ether oxygens (including phenoxy) is 1. The van der Waals surface area contributed by atoms with Crippen LogP contribution in [0.1, 0.15) is 41.0 Å². The Bertz CT molecular complexity index is 287. The van der Waals surface area contributed by atoms with Crippen molar-refractivity contribution >= 4 is 14.8 Å². The minimum atomic E-state index is -2.51. The zero-order valence-corrected chi connectivity index (χ0v) is 15.1. The van der Waals surface area contributed by atoms with Gasteiger partial charge in [0.2, 0.25) is 0 Å². The maximum atomic E-state index is 10.6. The molecule has 5 nitrogen and oxygen atoms in total. The van der Waals surface area contributed by atoms with Gasteiger partial charge in [0.15, 0.2) is 0 Å². The first-order chi connectivity index (χ1) is 9.92. The molecule has 0 spiro atoms. The number of rotatable bonds is 10. The van der Waals surface area contributed by atoms with Crippen LogP contribution >= 0.6 is 0 Å². The summed E-state index contributed by atoms with van der Waals surface area (Å²) in [5.74, 6) is -0.295. The number of esters is 1. The summed E-state index contributed by atoms with van der Waals surface area (Å²) in [6.45, 7) is 18.7. The minimum Gasteiger partial charge on any atom is -0.462 e. The van der Waals surface area contributed by atoms with Crippen LogP contribution in [0.5, 0.6) is 0 Å². The average Bonchev–Trinajstić information content (AvgIpc) is 2.46. The number of hydrogen-bond donors (Lipinski definition) is 0. The lowest BCUT2D eigenvalue weighted by Crippen LogP contribution is -2.44. The molecule has 0 fully saturated rings. The van der Waals surface area contributed by atoms with E-state index in [0.29, 0.717) is 32.0 Å². The van der Waals surface area contributed by atoms with Gasteiger partial charge in [-0.1, -0.05) is 20.1 Å². The topological polar surface area (TPSA) is 54.0 Å². The highest BCUT2D eigenvalue weighted by Gasteiger charge is 2.36. The lowest BCUT2D eigenvalue weighted by molar-refractivity contribution is -0.138. The molecule has 0 N–H and O–H groups in total. The predicted molar refractivity (Wildman–Crippen MR) is 86.9 cm³/mol. The molecule has 0 aromatic heterocycles. The minimum absolute atomic E-state index is 0.295. The number of hydrogen-bond acceptors (Lipinski definition) is 5. The van der Waals surface area contributed by atoms with Gasteiger partial charge in [0.05, 0.1) is 6.61 Å². The molecule has 6 heteroatoms. The third-order valence-corrected chi connectivity index (χ3v) is 4.65. The van der Waals surface area contributed by atoms with E-state index in [1.807, 2.05) is 27.7 Å². The highest BCUT2D eigenvalue weighted by Crippen LogP contribution is 2.10. The van der Waals surface area contributed by atoms with Crippen molar-refractivity contribution in [3.63, 3.8) is 0 Å². The van der Waals surface area contributed by atoms with E-state index in [-0.39, 0.29) is 5.97 Å². The summed E-state index contributed by atoms with van der Waals surface area (Å²) in [4.78, 5) is 10.6. The third-order valence-electron chi connectivity index (χ3n) is 2.07. The van der Waals surface area contributed by atoms with Gasteiger partial charge in [0.25, 0.3) is 0 Å². The van der Waals surface area contributed by atoms with Gasteiger partial charge in [-0.3, -0.25) is 0 Å². The molecule has 0 aliphatic heterocycles. The Morgan fingerprint density at radius 2 is 1.48 bits per heavy atom. The first kappa shape index (κ1) is 22.3. The number of carbonyl (C=O) groups excluding carboxylic acids is 1. The van der Waals surface area contributed by atoms with Crippen LogP contribution in [-0.4, -0.2) is 41.2 Å². The Hall–Kier alpha value is -0.953. The molecular weight excluding hydrogens is 288 g/mol. The van der Waals surface area contributed by atoms with Gasteiger partial charge in [-0.2, -0.15) is 0 Å². The van der Waals surface area contributed by atoms with Crippen molar-refractivity contribution in [2.24, 2.45) is 0 Å². The molecule has 0 saturated carbocycles. The van der Waals surface area contributed by atoms with Crippen molar-refractivity contribution in [1.29, 1.82) is 0 Å². The summed E-state index contributed by atoms with van der Waals surface area (Å²) in [6, 6.07) is 0. The Labute approximate surface area is 130 Å². The SMILES string of the molecule is C=C(C)C(=O)OCCC.C=C[Si](OCC)(OCC)OCC. The molecule has 0 aliphatic rings. The standard InChI is InChI=1S/C8H18O3Si.C7H12O2/c1-5-9-12(8-4,10-6-2)11-7-3;1-4-5-9-7(8)6(2)3/h8H,4-7H2,1-3H3;2,4-5H2,1,3H3.